The number of hydrazone groups is 1. The van der Waals surface area contributed by atoms with Crippen molar-refractivity contribution >= 4 is 5.96 Å². The average Bonchev–Trinajstić information content (AvgIpc) is 1.65. The summed E-state index contributed by atoms with van der Waals surface area (Å²) >= 11 is 0. The number of guanidine groups is 1. The van der Waals surface area contributed by atoms with Gasteiger partial charge in [-0.1, -0.05) is 0 Å². The molecule has 34 valence electrons. The molecule has 0 aliphatic rings. The van der Waals surface area contributed by atoms with Crippen LogP contribution in [0, 0.1) is 5.53 Å². The molecule has 0 aliphatic carbocycles. The number of rotatable bonds is 0. The molecule has 0 amide bonds. The summed E-state index contributed by atoms with van der Waals surface area (Å²) in [6.45, 7) is 0. The van der Waals surface area contributed by atoms with Crippen molar-refractivity contribution in [2.24, 2.45) is 21.8 Å². The van der Waals surface area contributed by atoms with Crippen LogP contribution in [0.4, 0.5) is 0 Å². The molecule has 0 rings (SSSR count). The van der Waals surface area contributed by atoms with Crippen LogP contribution in [0.25, 0.3) is 0 Å². The minimum atomic E-state index is -0.213. The van der Waals surface area contributed by atoms with Crippen LogP contribution in [0.2, 0.25) is 0 Å². The van der Waals surface area contributed by atoms with Gasteiger partial charge in [0.25, 0.3) is 5.96 Å². The highest BCUT2D eigenvalue weighted by molar-refractivity contribution is 5.77. The lowest BCUT2D eigenvalue weighted by Gasteiger charge is -1.76. The molecule has 5 heteroatoms. The van der Waals surface area contributed by atoms with E-state index < -0.39 is 0 Å². The normalized spacial score (nSPS) is 11.0. The predicted octanol–water partition coefficient (Wildman–Crippen LogP) is -0.794. The molecule has 0 spiro atoms. The summed E-state index contributed by atoms with van der Waals surface area (Å²) < 4.78 is 0. The largest absolute Gasteiger partial charge is 0.365 e. The molecule has 6 heavy (non-hydrogen) atoms. The summed E-state index contributed by atoms with van der Waals surface area (Å²) in [5.74, 6) is 4.32. The molecule has 0 saturated carbocycles. The van der Waals surface area contributed by atoms with Gasteiger partial charge >= 0.3 is 0 Å². The summed E-state index contributed by atoms with van der Waals surface area (Å²) in [5.41, 5.74) is 10.8. The number of nitrogens with zero attached hydrogens (tertiary/aromatic N) is 2. The van der Waals surface area contributed by atoms with Gasteiger partial charge in [-0.2, -0.15) is 0 Å². The molecular formula is CH5N5. The number of hydrogen-bond donors (Lipinski definition) is 3. The van der Waals surface area contributed by atoms with Crippen LogP contribution in [-0.4, -0.2) is 5.96 Å². The Balaban J connectivity index is 3.50. The van der Waals surface area contributed by atoms with Gasteiger partial charge in [0.1, 0.15) is 0 Å². The van der Waals surface area contributed by atoms with E-state index in [4.69, 9.17) is 11.3 Å². The standard InChI is InChI=1S/CH5N5/c2-1(5-3)6-4/h3H,4H2,(H2,2,6). The molecule has 0 radical (unpaired) electrons. The van der Waals surface area contributed by atoms with Gasteiger partial charge < -0.3 is 11.6 Å². The van der Waals surface area contributed by atoms with Crippen molar-refractivity contribution in [3.63, 3.8) is 0 Å². The lowest BCUT2D eigenvalue weighted by atomic mass is 11.1. The minimum absolute atomic E-state index is 0.213. The summed E-state index contributed by atoms with van der Waals surface area (Å²) in [6.07, 6.45) is 0. The summed E-state index contributed by atoms with van der Waals surface area (Å²) in [6, 6.07) is 0. The van der Waals surface area contributed by atoms with E-state index in [1.807, 2.05) is 0 Å². The lowest BCUT2D eigenvalue weighted by Crippen LogP contribution is -2.08. The van der Waals surface area contributed by atoms with Gasteiger partial charge in [-0.05, 0) is 0 Å². The van der Waals surface area contributed by atoms with Crippen LogP contribution in [0.1, 0.15) is 0 Å². The quantitative estimate of drug-likeness (QED) is 0.118. The Morgan fingerprint density at radius 3 is 2.17 bits per heavy atom. The predicted molar refractivity (Wildman–Crippen MR) is 21.0 cm³/mol. The Kier molecular flexibility index (Phi) is 1.73. The molecular weight excluding hydrogens is 82.0 g/mol. The van der Waals surface area contributed by atoms with Crippen molar-refractivity contribution in [3.05, 3.63) is 0 Å². The van der Waals surface area contributed by atoms with Gasteiger partial charge in [-0.3, -0.25) is 0 Å². The minimum Gasteiger partial charge on any atom is -0.365 e. The second kappa shape index (κ2) is 2.13. The Hall–Kier alpha value is -1.13. The second-order valence-electron chi connectivity index (χ2n) is 0.599. The molecule has 0 atom stereocenters. The van der Waals surface area contributed by atoms with Crippen LogP contribution >= 0.6 is 0 Å². The zero-order valence-electron chi connectivity index (χ0n) is 3.05. The molecule has 5 N–H and O–H groups in total. The maximum absolute atomic E-state index is 6.10. The van der Waals surface area contributed by atoms with Crippen LogP contribution in [0.5, 0.6) is 0 Å². The maximum Gasteiger partial charge on any atom is 0.255 e. The van der Waals surface area contributed by atoms with E-state index in [9.17, 15) is 0 Å². The highest BCUT2D eigenvalue weighted by Crippen LogP contribution is 1.57. The molecule has 0 aromatic heterocycles. The highest BCUT2D eigenvalue weighted by Gasteiger charge is 1.73. The topological polar surface area (TPSA) is 101 Å². The van der Waals surface area contributed by atoms with Gasteiger partial charge in [-0.15, -0.1) is 10.2 Å². The van der Waals surface area contributed by atoms with E-state index in [0.717, 1.165) is 0 Å². The van der Waals surface area contributed by atoms with E-state index in [1.165, 1.54) is 0 Å². The fourth-order valence-corrected chi connectivity index (χ4v) is 0.0289. The van der Waals surface area contributed by atoms with E-state index in [0.29, 0.717) is 0 Å². The van der Waals surface area contributed by atoms with Crippen molar-refractivity contribution < 1.29 is 0 Å². The fraction of sp³-hybridized carbons (Fsp3) is 0. The highest BCUT2D eigenvalue weighted by atomic mass is 15.2. The lowest BCUT2D eigenvalue weighted by molar-refractivity contribution is 1.12. The Labute approximate surface area is 34.5 Å². The van der Waals surface area contributed by atoms with Crippen molar-refractivity contribution in [1.82, 2.24) is 0 Å². The molecule has 0 aliphatic heterocycles. The first-order valence-corrected chi connectivity index (χ1v) is 1.22. The van der Waals surface area contributed by atoms with Gasteiger partial charge in [-0.25, -0.2) is 5.53 Å². The molecule has 0 aromatic rings. The molecule has 5 nitrogen and oxygen atoms in total. The van der Waals surface area contributed by atoms with Crippen LogP contribution in [0.15, 0.2) is 10.2 Å². The Morgan fingerprint density at radius 1 is 1.67 bits per heavy atom. The number of nitrogens with one attached hydrogen (secondary N) is 1. The number of nitrogens with two attached hydrogens (primary N) is 2. The molecule has 0 bridgehead atoms. The van der Waals surface area contributed by atoms with Crippen LogP contribution in [-0.2, 0) is 0 Å². The summed E-state index contributed by atoms with van der Waals surface area (Å²) in [4.78, 5) is 0. The SMILES string of the molecule is N=NC(N)=NN. The fourth-order valence-electron chi connectivity index (χ4n) is 0.0289. The van der Waals surface area contributed by atoms with E-state index in [2.05, 4.69) is 16.1 Å². The molecule has 0 aromatic carbocycles. The summed E-state index contributed by atoms with van der Waals surface area (Å²) in [5, 5.41) is 5.51. The summed E-state index contributed by atoms with van der Waals surface area (Å²) in [7, 11) is 0. The van der Waals surface area contributed by atoms with Crippen LogP contribution in [0.3, 0.4) is 0 Å². The third kappa shape index (κ3) is 1.22. The van der Waals surface area contributed by atoms with Gasteiger partial charge in [0, 0.05) is 0 Å². The molecule has 0 fully saturated rings. The molecule has 0 saturated heterocycles. The van der Waals surface area contributed by atoms with Crippen molar-refractivity contribution in [2.45, 2.75) is 0 Å². The maximum atomic E-state index is 6.10. The second-order valence-corrected chi connectivity index (χ2v) is 0.599. The monoisotopic (exact) mass is 87.1 g/mol. The first-order valence-electron chi connectivity index (χ1n) is 1.22. The molecule has 0 heterocycles. The van der Waals surface area contributed by atoms with Gasteiger partial charge in [0.2, 0.25) is 0 Å². The van der Waals surface area contributed by atoms with E-state index in [-0.39, 0.29) is 5.96 Å². The first kappa shape index (κ1) is 4.87. The van der Waals surface area contributed by atoms with Crippen LogP contribution < -0.4 is 11.6 Å². The average molecular weight is 87.1 g/mol. The first-order chi connectivity index (χ1) is 2.81. The van der Waals surface area contributed by atoms with E-state index >= 15 is 0 Å². The smallest absolute Gasteiger partial charge is 0.255 e. The third-order valence-electron chi connectivity index (χ3n) is 0.247. The third-order valence-corrected chi connectivity index (χ3v) is 0.247. The van der Waals surface area contributed by atoms with E-state index in [1.54, 1.807) is 0 Å². The van der Waals surface area contributed by atoms with Crippen molar-refractivity contribution in [3.8, 4) is 0 Å². The van der Waals surface area contributed by atoms with Crippen molar-refractivity contribution in [1.29, 1.82) is 5.53 Å². The molecule has 0 unspecified atom stereocenters. The van der Waals surface area contributed by atoms with Gasteiger partial charge in [0.15, 0.2) is 0 Å². The number of hydrogen-bond acceptors (Lipinski definition) is 3. The van der Waals surface area contributed by atoms with Gasteiger partial charge in [0.05, 0.1) is 0 Å². The Morgan fingerprint density at radius 2 is 2.17 bits per heavy atom. The van der Waals surface area contributed by atoms with Crippen molar-refractivity contribution in [2.75, 3.05) is 0 Å². The zero-order valence-corrected chi connectivity index (χ0v) is 3.05. The Bertz CT molecular complexity index is 72.0. The zero-order chi connectivity index (χ0) is 4.99.